The zero-order valence-electron chi connectivity index (χ0n) is 8.64. The van der Waals surface area contributed by atoms with Gasteiger partial charge in [0.2, 0.25) is 0 Å². The van der Waals surface area contributed by atoms with Crippen molar-refractivity contribution in [2.75, 3.05) is 0 Å². The number of halogens is 1. The molecule has 2 N–H and O–H groups in total. The predicted octanol–water partition coefficient (Wildman–Crippen LogP) is 2.11. The molecule has 0 amide bonds. The standard InChI is InChI=1S/C6H5F.C6H12O2/c7-6-4-2-1-3-5-6;7-5-1-2-6(8)4-3-5/h1-5H;5-8H,1-4H2. The highest BCUT2D eigenvalue weighted by Crippen LogP contribution is 2.17. The molecular formula is C12H17FO2. The van der Waals surface area contributed by atoms with Crippen LogP contribution in [0.2, 0.25) is 0 Å². The summed E-state index contributed by atoms with van der Waals surface area (Å²) in [5.74, 6) is -0.178. The van der Waals surface area contributed by atoms with Gasteiger partial charge in [0.05, 0.1) is 12.2 Å². The summed E-state index contributed by atoms with van der Waals surface area (Å²) in [6, 6.07) is 7.94. The van der Waals surface area contributed by atoms with Crippen LogP contribution in [0.1, 0.15) is 25.7 Å². The molecule has 0 atom stereocenters. The van der Waals surface area contributed by atoms with E-state index in [1.165, 1.54) is 12.1 Å². The number of hydrogen-bond donors (Lipinski definition) is 2. The fraction of sp³-hybridized carbons (Fsp3) is 0.500. The summed E-state index contributed by atoms with van der Waals surface area (Å²) in [7, 11) is 0. The van der Waals surface area contributed by atoms with Gasteiger partial charge in [-0.2, -0.15) is 0 Å². The molecule has 1 aromatic rings. The van der Waals surface area contributed by atoms with Gasteiger partial charge in [0.25, 0.3) is 0 Å². The smallest absolute Gasteiger partial charge is 0.123 e. The van der Waals surface area contributed by atoms with Gasteiger partial charge in [-0.1, -0.05) is 18.2 Å². The third-order valence-corrected chi connectivity index (χ3v) is 2.40. The zero-order valence-corrected chi connectivity index (χ0v) is 8.64. The van der Waals surface area contributed by atoms with Crippen molar-refractivity contribution >= 4 is 0 Å². The predicted molar refractivity (Wildman–Crippen MR) is 56.9 cm³/mol. The lowest BCUT2D eigenvalue weighted by atomic mass is 9.95. The molecule has 0 bridgehead atoms. The molecule has 0 saturated heterocycles. The average molecular weight is 212 g/mol. The van der Waals surface area contributed by atoms with Gasteiger partial charge in [-0.05, 0) is 37.8 Å². The number of aliphatic hydroxyl groups excluding tert-OH is 2. The lowest BCUT2D eigenvalue weighted by molar-refractivity contribution is 0.0541. The van der Waals surface area contributed by atoms with E-state index in [0.29, 0.717) is 0 Å². The molecule has 0 heterocycles. The largest absolute Gasteiger partial charge is 0.393 e. The summed E-state index contributed by atoms with van der Waals surface area (Å²) in [6.07, 6.45) is 2.83. The number of aliphatic hydroxyl groups is 2. The van der Waals surface area contributed by atoms with Crippen LogP contribution in [0.25, 0.3) is 0 Å². The molecule has 1 aromatic carbocycles. The molecular weight excluding hydrogens is 195 g/mol. The van der Waals surface area contributed by atoms with E-state index in [0.717, 1.165) is 25.7 Å². The second-order valence-corrected chi connectivity index (χ2v) is 3.76. The van der Waals surface area contributed by atoms with Crippen molar-refractivity contribution in [3.63, 3.8) is 0 Å². The van der Waals surface area contributed by atoms with Crippen LogP contribution in [-0.2, 0) is 0 Å². The maximum absolute atomic E-state index is 11.9. The second kappa shape index (κ2) is 6.53. The third kappa shape index (κ3) is 5.50. The molecule has 0 aliphatic heterocycles. The lowest BCUT2D eigenvalue weighted by Crippen LogP contribution is -2.21. The van der Waals surface area contributed by atoms with Crippen LogP contribution in [-0.4, -0.2) is 22.4 Å². The van der Waals surface area contributed by atoms with Gasteiger partial charge >= 0.3 is 0 Å². The molecule has 0 spiro atoms. The zero-order chi connectivity index (χ0) is 11.1. The molecule has 0 aromatic heterocycles. The van der Waals surface area contributed by atoms with Crippen LogP contribution in [0.15, 0.2) is 30.3 Å². The Labute approximate surface area is 89.4 Å². The van der Waals surface area contributed by atoms with Gasteiger partial charge < -0.3 is 10.2 Å². The minimum absolute atomic E-state index is 0.140. The Hall–Kier alpha value is -0.930. The Kier molecular flexibility index (Phi) is 5.29. The van der Waals surface area contributed by atoms with Crippen molar-refractivity contribution in [1.82, 2.24) is 0 Å². The molecule has 1 fully saturated rings. The van der Waals surface area contributed by atoms with Gasteiger partial charge in [0.15, 0.2) is 0 Å². The van der Waals surface area contributed by atoms with E-state index in [1.807, 2.05) is 0 Å². The number of benzene rings is 1. The first-order chi connectivity index (χ1) is 7.18. The maximum Gasteiger partial charge on any atom is 0.123 e. The van der Waals surface area contributed by atoms with Crippen LogP contribution in [0.5, 0.6) is 0 Å². The molecule has 1 saturated carbocycles. The fourth-order valence-electron chi connectivity index (χ4n) is 1.47. The molecule has 1 aliphatic carbocycles. The Morgan fingerprint density at radius 1 is 0.867 bits per heavy atom. The van der Waals surface area contributed by atoms with E-state index < -0.39 is 0 Å². The van der Waals surface area contributed by atoms with Gasteiger partial charge in [0, 0.05) is 0 Å². The van der Waals surface area contributed by atoms with Crippen molar-refractivity contribution in [3.05, 3.63) is 36.1 Å². The molecule has 2 nitrogen and oxygen atoms in total. The van der Waals surface area contributed by atoms with Gasteiger partial charge in [0.1, 0.15) is 5.82 Å². The van der Waals surface area contributed by atoms with E-state index in [9.17, 15) is 4.39 Å². The highest BCUT2D eigenvalue weighted by Gasteiger charge is 2.15. The Balaban J connectivity index is 0.000000151. The number of rotatable bonds is 0. The highest BCUT2D eigenvalue weighted by molar-refractivity contribution is 5.02. The maximum atomic E-state index is 11.9. The molecule has 2 rings (SSSR count). The molecule has 3 heteroatoms. The summed E-state index contributed by atoms with van der Waals surface area (Å²) in [4.78, 5) is 0. The van der Waals surface area contributed by atoms with Crippen LogP contribution in [0, 0.1) is 5.82 Å². The lowest BCUT2D eigenvalue weighted by Gasteiger charge is -2.20. The summed E-state index contributed by atoms with van der Waals surface area (Å²) < 4.78 is 11.9. The summed E-state index contributed by atoms with van der Waals surface area (Å²) in [5.41, 5.74) is 0. The van der Waals surface area contributed by atoms with Gasteiger partial charge in [-0.3, -0.25) is 0 Å². The highest BCUT2D eigenvalue weighted by atomic mass is 19.1. The first-order valence-corrected chi connectivity index (χ1v) is 5.25. The van der Waals surface area contributed by atoms with Crippen molar-refractivity contribution in [3.8, 4) is 0 Å². The van der Waals surface area contributed by atoms with Crippen LogP contribution in [0.4, 0.5) is 4.39 Å². The minimum atomic E-state index is -0.178. The summed E-state index contributed by atoms with van der Waals surface area (Å²) in [6.45, 7) is 0. The van der Waals surface area contributed by atoms with E-state index >= 15 is 0 Å². The van der Waals surface area contributed by atoms with Crippen molar-refractivity contribution in [1.29, 1.82) is 0 Å². The monoisotopic (exact) mass is 212 g/mol. The van der Waals surface area contributed by atoms with Crippen molar-refractivity contribution in [2.45, 2.75) is 37.9 Å². The van der Waals surface area contributed by atoms with E-state index in [1.54, 1.807) is 18.2 Å². The van der Waals surface area contributed by atoms with Crippen LogP contribution < -0.4 is 0 Å². The quantitative estimate of drug-likeness (QED) is 0.691. The Morgan fingerprint density at radius 2 is 1.27 bits per heavy atom. The molecule has 0 unspecified atom stereocenters. The van der Waals surface area contributed by atoms with Gasteiger partial charge in [-0.15, -0.1) is 0 Å². The third-order valence-electron chi connectivity index (χ3n) is 2.40. The minimum Gasteiger partial charge on any atom is -0.393 e. The van der Waals surface area contributed by atoms with E-state index in [-0.39, 0.29) is 18.0 Å². The fourth-order valence-corrected chi connectivity index (χ4v) is 1.47. The Bertz CT molecular complexity index is 246. The van der Waals surface area contributed by atoms with E-state index in [4.69, 9.17) is 10.2 Å². The van der Waals surface area contributed by atoms with E-state index in [2.05, 4.69) is 0 Å². The average Bonchev–Trinajstić information content (AvgIpc) is 2.25. The first kappa shape index (κ1) is 12.1. The van der Waals surface area contributed by atoms with Crippen molar-refractivity contribution < 1.29 is 14.6 Å². The van der Waals surface area contributed by atoms with Crippen molar-refractivity contribution in [2.24, 2.45) is 0 Å². The summed E-state index contributed by atoms with van der Waals surface area (Å²) >= 11 is 0. The SMILES string of the molecule is Fc1ccccc1.OC1CCC(O)CC1. The second-order valence-electron chi connectivity index (χ2n) is 3.76. The first-order valence-electron chi connectivity index (χ1n) is 5.25. The topological polar surface area (TPSA) is 40.5 Å². The summed E-state index contributed by atoms with van der Waals surface area (Å²) in [5, 5.41) is 17.8. The van der Waals surface area contributed by atoms with Crippen LogP contribution >= 0.6 is 0 Å². The normalized spacial score (nSPS) is 25.3. The molecule has 84 valence electrons. The van der Waals surface area contributed by atoms with Gasteiger partial charge in [-0.25, -0.2) is 4.39 Å². The molecule has 15 heavy (non-hydrogen) atoms. The number of hydrogen-bond acceptors (Lipinski definition) is 2. The molecule has 0 radical (unpaired) electrons. The molecule has 1 aliphatic rings. The van der Waals surface area contributed by atoms with Crippen LogP contribution in [0.3, 0.4) is 0 Å². The Morgan fingerprint density at radius 3 is 1.53 bits per heavy atom.